The molecule has 0 aliphatic carbocycles. The van der Waals surface area contributed by atoms with Crippen LogP contribution in [0.1, 0.15) is 22.8 Å². The van der Waals surface area contributed by atoms with Crippen molar-refractivity contribution in [3.63, 3.8) is 0 Å². The monoisotopic (exact) mass is 393 g/mol. The van der Waals surface area contributed by atoms with E-state index in [2.05, 4.69) is 5.32 Å². The number of aromatic carboxylic acids is 1. The minimum absolute atomic E-state index is 0.0887. The van der Waals surface area contributed by atoms with Crippen molar-refractivity contribution in [1.29, 1.82) is 0 Å². The maximum absolute atomic E-state index is 11.0. The molecule has 0 unspecified atom stereocenters. The number of fused-ring (bicyclic) bond motifs is 1. The molecule has 6 nitrogen and oxygen atoms in total. The second-order valence-electron chi connectivity index (χ2n) is 5.93. The number of carboxylic acids is 1. The second kappa shape index (κ2) is 10.5. The van der Waals surface area contributed by atoms with Crippen molar-refractivity contribution < 1.29 is 24.2 Å². The quantitative estimate of drug-likeness (QED) is 0.585. The van der Waals surface area contributed by atoms with Crippen molar-refractivity contribution in [1.82, 2.24) is 0 Å². The predicted molar refractivity (Wildman–Crippen MR) is 115 cm³/mol. The van der Waals surface area contributed by atoms with Gasteiger partial charge in [-0.25, -0.2) is 4.79 Å². The number of ether oxygens (including phenoxy) is 2. The SMILES string of the molecule is C/C=C/c1ccc(OC)c(OC)c1.O=CNc1cc2ccccc2cc1C(=O)O. The number of amides is 1. The Labute approximate surface area is 169 Å². The van der Waals surface area contributed by atoms with Crippen LogP contribution in [-0.4, -0.2) is 31.7 Å². The number of hydrogen-bond acceptors (Lipinski definition) is 4. The van der Waals surface area contributed by atoms with Gasteiger partial charge in [0.2, 0.25) is 6.41 Å². The summed E-state index contributed by atoms with van der Waals surface area (Å²) >= 11 is 0. The lowest BCUT2D eigenvalue weighted by atomic mass is 10.0. The first-order valence-electron chi connectivity index (χ1n) is 8.85. The Morgan fingerprint density at radius 3 is 2.17 bits per heavy atom. The van der Waals surface area contributed by atoms with Gasteiger partial charge < -0.3 is 19.9 Å². The number of carbonyl (C=O) groups excluding carboxylic acids is 1. The first-order chi connectivity index (χ1) is 14.0. The molecule has 0 bridgehead atoms. The summed E-state index contributed by atoms with van der Waals surface area (Å²) in [5.74, 6) is 0.462. The van der Waals surface area contributed by atoms with Gasteiger partial charge in [0, 0.05) is 0 Å². The van der Waals surface area contributed by atoms with Crippen LogP contribution in [0.15, 0.2) is 60.7 Å². The van der Waals surface area contributed by atoms with Gasteiger partial charge in [0.05, 0.1) is 25.5 Å². The molecule has 3 aromatic rings. The zero-order valence-electron chi connectivity index (χ0n) is 16.5. The summed E-state index contributed by atoms with van der Waals surface area (Å²) in [6.45, 7) is 1.98. The summed E-state index contributed by atoms with van der Waals surface area (Å²) in [5, 5.41) is 13.1. The lowest BCUT2D eigenvalue weighted by Gasteiger charge is -2.07. The van der Waals surface area contributed by atoms with Crippen LogP contribution < -0.4 is 14.8 Å². The summed E-state index contributed by atoms with van der Waals surface area (Å²) in [6.07, 6.45) is 4.47. The smallest absolute Gasteiger partial charge is 0.337 e. The number of nitrogens with one attached hydrogen (secondary N) is 1. The Morgan fingerprint density at radius 2 is 1.62 bits per heavy atom. The van der Waals surface area contributed by atoms with Crippen molar-refractivity contribution >= 4 is 34.9 Å². The maximum Gasteiger partial charge on any atom is 0.337 e. The molecule has 0 radical (unpaired) electrons. The average molecular weight is 393 g/mol. The van der Waals surface area contributed by atoms with E-state index in [0.29, 0.717) is 12.1 Å². The second-order valence-corrected chi connectivity index (χ2v) is 5.93. The van der Waals surface area contributed by atoms with Crippen LogP contribution in [0.5, 0.6) is 11.5 Å². The number of benzene rings is 3. The summed E-state index contributed by atoms with van der Waals surface area (Å²) in [7, 11) is 3.27. The highest BCUT2D eigenvalue weighted by Crippen LogP contribution is 2.28. The van der Waals surface area contributed by atoms with E-state index in [4.69, 9.17) is 14.6 Å². The van der Waals surface area contributed by atoms with Crippen LogP contribution >= 0.6 is 0 Å². The average Bonchev–Trinajstić information content (AvgIpc) is 2.74. The van der Waals surface area contributed by atoms with E-state index in [9.17, 15) is 9.59 Å². The molecule has 0 aromatic heterocycles. The van der Waals surface area contributed by atoms with Gasteiger partial charge in [0.15, 0.2) is 11.5 Å². The van der Waals surface area contributed by atoms with E-state index in [1.807, 2.05) is 61.5 Å². The number of carbonyl (C=O) groups is 2. The maximum atomic E-state index is 11.0. The number of methoxy groups -OCH3 is 2. The number of carboxylic acid groups (broad SMARTS) is 1. The van der Waals surface area contributed by atoms with E-state index in [-0.39, 0.29) is 5.56 Å². The Morgan fingerprint density at radius 1 is 0.966 bits per heavy atom. The van der Waals surface area contributed by atoms with E-state index in [1.165, 1.54) is 0 Å². The topological polar surface area (TPSA) is 84.9 Å². The molecule has 1 amide bonds. The molecule has 2 N–H and O–H groups in total. The van der Waals surface area contributed by atoms with Gasteiger partial charge in [0.1, 0.15) is 0 Å². The standard InChI is InChI=1S/C12H9NO3.C11H14O2/c14-7-13-11-6-9-4-2-1-3-8(9)5-10(11)12(15)16;1-4-5-9-6-7-10(12-2)11(8-9)13-3/h1-7H,(H,13,14)(H,15,16);4-8H,1-3H3/b;5-4+. The molecule has 0 spiro atoms. The molecule has 0 saturated heterocycles. The minimum atomic E-state index is -1.06. The van der Waals surface area contributed by atoms with E-state index < -0.39 is 5.97 Å². The van der Waals surface area contributed by atoms with Crippen molar-refractivity contribution in [3.05, 3.63) is 71.8 Å². The molecule has 0 aliphatic heterocycles. The summed E-state index contributed by atoms with van der Waals surface area (Å²) in [5.41, 5.74) is 1.51. The minimum Gasteiger partial charge on any atom is -0.493 e. The summed E-state index contributed by atoms with van der Waals surface area (Å²) in [6, 6.07) is 16.4. The van der Waals surface area contributed by atoms with Crippen LogP contribution in [0, 0.1) is 0 Å². The number of rotatable bonds is 6. The summed E-state index contributed by atoms with van der Waals surface area (Å²) in [4.78, 5) is 21.4. The molecule has 0 atom stereocenters. The van der Waals surface area contributed by atoms with Crippen LogP contribution in [-0.2, 0) is 4.79 Å². The molecular formula is C23H23NO5. The highest BCUT2D eigenvalue weighted by atomic mass is 16.5. The highest BCUT2D eigenvalue weighted by molar-refractivity contribution is 6.02. The van der Waals surface area contributed by atoms with Crippen LogP contribution in [0.3, 0.4) is 0 Å². The van der Waals surface area contributed by atoms with Gasteiger partial charge in [-0.3, -0.25) is 4.79 Å². The molecule has 0 heterocycles. The third-order valence-electron chi connectivity index (χ3n) is 4.10. The molecule has 29 heavy (non-hydrogen) atoms. The fraction of sp³-hybridized carbons (Fsp3) is 0.130. The number of allylic oxidation sites excluding steroid dienone is 1. The lowest BCUT2D eigenvalue weighted by molar-refractivity contribution is -0.105. The van der Waals surface area contributed by atoms with Crippen molar-refractivity contribution in [3.8, 4) is 11.5 Å². The first kappa shape index (κ1) is 21.5. The van der Waals surface area contributed by atoms with E-state index in [1.54, 1.807) is 26.4 Å². The molecule has 6 heteroatoms. The third-order valence-corrected chi connectivity index (χ3v) is 4.10. The Kier molecular flexibility index (Phi) is 7.79. The van der Waals surface area contributed by atoms with E-state index >= 15 is 0 Å². The fourth-order valence-electron chi connectivity index (χ4n) is 2.75. The van der Waals surface area contributed by atoms with Crippen molar-refractivity contribution in [2.45, 2.75) is 6.92 Å². The molecule has 0 saturated carbocycles. The van der Waals surface area contributed by atoms with Crippen molar-refractivity contribution in [2.75, 3.05) is 19.5 Å². The van der Waals surface area contributed by atoms with Gasteiger partial charge in [-0.05, 0) is 47.5 Å². The van der Waals surface area contributed by atoms with E-state index in [0.717, 1.165) is 27.8 Å². The highest BCUT2D eigenvalue weighted by Gasteiger charge is 2.10. The van der Waals surface area contributed by atoms with Crippen molar-refractivity contribution in [2.24, 2.45) is 0 Å². The van der Waals surface area contributed by atoms with Gasteiger partial charge in [-0.15, -0.1) is 0 Å². The zero-order chi connectivity index (χ0) is 21.2. The molecule has 0 fully saturated rings. The Balaban J connectivity index is 0.000000212. The number of hydrogen-bond donors (Lipinski definition) is 2. The van der Waals surface area contributed by atoms with Crippen LogP contribution in [0.4, 0.5) is 5.69 Å². The molecular weight excluding hydrogens is 370 g/mol. The van der Waals surface area contributed by atoms with Crippen LogP contribution in [0.2, 0.25) is 0 Å². The lowest BCUT2D eigenvalue weighted by Crippen LogP contribution is -2.04. The third kappa shape index (κ3) is 5.59. The number of anilines is 1. The van der Waals surface area contributed by atoms with Gasteiger partial charge >= 0.3 is 5.97 Å². The Hall–Kier alpha value is -3.80. The molecule has 3 aromatic carbocycles. The summed E-state index contributed by atoms with van der Waals surface area (Å²) < 4.78 is 10.3. The Bertz CT molecular complexity index is 1030. The first-order valence-corrected chi connectivity index (χ1v) is 8.85. The van der Waals surface area contributed by atoms with Crippen LogP contribution in [0.25, 0.3) is 16.8 Å². The predicted octanol–water partition coefficient (Wildman–Crippen LogP) is 4.84. The largest absolute Gasteiger partial charge is 0.493 e. The normalized spacial score (nSPS) is 10.2. The molecule has 0 aliphatic rings. The zero-order valence-corrected chi connectivity index (χ0v) is 16.5. The van der Waals surface area contributed by atoms with Gasteiger partial charge in [-0.1, -0.05) is 42.5 Å². The van der Waals surface area contributed by atoms with Gasteiger partial charge in [0.25, 0.3) is 0 Å². The van der Waals surface area contributed by atoms with Gasteiger partial charge in [-0.2, -0.15) is 0 Å². The fourth-order valence-corrected chi connectivity index (χ4v) is 2.75. The molecule has 3 rings (SSSR count). The molecule has 150 valence electrons.